The lowest BCUT2D eigenvalue weighted by Gasteiger charge is -2.15. The third-order valence-electron chi connectivity index (χ3n) is 4.95. The Bertz CT molecular complexity index is 1090. The third kappa shape index (κ3) is 2.76. The Morgan fingerprint density at radius 2 is 1.85 bits per heavy atom. The van der Waals surface area contributed by atoms with E-state index in [-0.39, 0.29) is 5.92 Å². The molecule has 0 saturated heterocycles. The van der Waals surface area contributed by atoms with Crippen LogP contribution in [0.2, 0.25) is 0 Å². The van der Waals surface area contributed by atoms with Gasteiger partial charge in [-0.1, -0.05) is 49.4 Å². The van der Waals surface area contributed by atoms with E-state index >= 15 is 0 Å². The molecule has 3 heteroatoms. The summed E-state index contributed by atoms with van der Waals surface area (Å²) in [7, 11) is 1.70. The first-order chi connectivity index (χ1) is 12.7. The van der Waals surface area contributed by atoms with Gasteiger partial charge in [-0.2, -0.15) is 0 Å². The highest BCUT2D eigenvalue weighted by Gasteiger charge is 2.18. The minimum atomic E-state index is 0.189. The van der Waals surface area contributed by atoms with E-state index in [4.69, 9.17) is 9.72 Å². The Morgan fingerprint density at radius 3 is 2.65 bits per heavy atom. The van der Waals surface area contributed by atoms with E-state index in [0.29, 0.717) is 0 Å². The van der Waals surface area contributed by atoms with Gasteiger partial charge in [-0.05, 0) is 40.6 Å². The molecule has 4 aromatic rings. The molecule has 0 aliphatic heterocycles. The molecule has 1 heterocycles. The van der Waals surface area contributed by atoms with Crippen molar-refractivity contribution < 1.29 is 4.74 Å². The number of benzene rings is 3. The number of ether oxygens (including phenoxy) is 1. The normalized spacial score (nSPS) is 12.4. The van der Waals surface area contributed by atoms with Gasteiger partial charge in [0, 0.05) is 12.5 Å². The van der Waals surface area contributed by atoms with Crippen molar-refractivity contribution in [2.45, 2.75) is 19.4 Å². The average Bonchev–Trinajstić information content (AvgIpc) is 3.05. The van der Waals surface area contributed by atoms with Crippen LogP contribution in [0.1, 0.15) is 24.2 Å². The fourth-order valence-corrected chi connectivity index (χ4v) is 3.53. The first-order valence-corrected chi connectivity index (χ1v) is 8.85. The molecule has 0 unspecified atom stereocenters. The highest BCUT2D eigenvalue weighted by atomic mass is 16.5. The molecule has 0 N–H and O–H groups in total. The minimum absolute atomic E-state index is 0.189. The van der Waals surface area contributed by atoms with Crippen LogP contribution in [0, 0.1) is 0 Å². The first kappa shape index (κ1) is 16.4. The second-order valence-electron chi connectivity index (χ2n) is 6.55. The second kappa shape index (κ2) is 6.68. The summed E-state index contributed by atoms with van der Waals surface area (Å²) in [4.78, 5) is 4.91. The minimum Gasteiger partial charge on any atom is -0.497 e. The van der Waals surface area contributed by atoms with Gasteiger partial charge in [0.25, 0.3) is 0 Å². The maximum atomic E-state index is 5.32. The lowest BCUT2D eigenvalue weighted by Crippen LogP contribution is -2.07. The standard InChI is InChI=1S/C23H22N2O/c1-4-13-25-22-8-6-5-7-21(22)24-23(25)16(2)17-9-10-19-15-20(26-3)12-11-18(19)14-17/h4-12,14-16H,1,13H2,2-3H3/t16-/m1/s1. The highest BCUT2D eigenvalue weighted by molar-refractivity contribution is 5.85. The highest BCUT2D eigenvalue weighted by Crippen LogP contribution is 2.30. The molecule has 0 saturated carbocycles. The monoisotopic (exact) mass is 342 g/mol. The summed E-state index contributed by atoms with van der Waals surface area (Å²) in [6, 6.07) is 21.0. The number of nitrogens with zero attached hydrogens (tertiary/aromatic N) is 2. The summed E-state index contributed by atoms with van der Waals surface area (Å²) in [5, 5.41) is 2.39. The Morgan fingerprint density at radius 1 is 1.08 bits per heavy atom. The molecule has 0 amide bonds. The summed E-state index contributed by atoms with van der Waals surface area (Å²) in [5.41, 5.74) is 3.43. The molecule has 0 aliphatic rings. The molecule has 26 heavy (non-hydrogen) atoms. The van der Waals surface area contributed by atoms with Crippen LogP contribution in [0.4, 0.5) is 0 Å². The van der Waals surface area contributed by atoms with Gasteiger partial charge in [0.15, 0.2) is 0 Å². The molecular weight excluding hydrogens is 320 g/mol. The predicted molar refractivity (Wildman–Crippen MR) is 108 cm³/mol. The molecule has 130 valence electrons. The van der Waals surface area contributed by atoms with Gasteiger partial charge in [-0.25, -0.2) is 4.98 Å². The van der Waals surface area contributed by atoms with Crippen molar-refractivity contribution in [2.24, 2.45) is 0 Å². The number of fused-ring (bicyclic) bond motifs is 2. The first-order valence-electron chi connectivity index (χ1n) is 8.85. The van der Waals surface area contributed by atoms with E-state index in [2.05, 4.69) is 66.6 Å². The molecule has 0 bridgehead atoms. The molecular formula is C23H22N2O. The maximum absolute atomic E-state index is 5.32. The van der Waals surface area contributed by atoms with E-state index < -0.39 is 0 Å². The van der Waals surface area contributed by atoms with Crippen LogP contribution >= 0.6 is 0 Å². The lowest BCUT2D eigenvalue weighted by molar-refractivity contribution is 0.415. The zero-order chi connectivity index (χ0) is 18.1. The Balaban J connectivity index is 1.81. The van der Waals surface area contributed by atoms with Gasteiger partial charge in [-0.15, -0.1) is 6.58 Å². The fraction of sp³-hybridized carbons (Fsp3) is 0.174. The molecule has 0 radical (unpaired) electrons. The van der Waals surface area contributed by atoms with Crippen LogP contribution in [-0.4, -0.2) is 16.7 Å². The van der Waals surface area contributed by atoms with Crippen LogP contribution in [0.15, 0.2) is 73.3 Å². The van der Waals surface area contributed by atoms with Gasteiger partial charge < -0.3 is 9.30 Å². The summed E-state index contributed by atoms with van der Waals surface area (Å²) in [5.74, 6) is 2.14. The zero-order valence-corrected chi connectivity index (χ0v) is 15.1. The van der Waals surface area contributed by atoms with Gasteiger partial charge in [-0.3, -0.25) is 0 Å². The van der Waals surface area contributed by atoms with E-state index in [9.17, 15) is 0 Å². The quantitative estimate of drug-likeness (QED) is 0.446. The van der Waals surface area contributed by atoms with Gasteiger partial charge in [0.05, 0.1) is 18.1 Å². The summed E-state index contributed by atoms with van der Waals surface area (Å²) in [6.45, 7) is 6.88. The van der Waals surface area contributed by atoms with Crippen molar-refractivity contribution in [1.82, 2.24) is 9.55 Å². The van der Waals surface area contributed by atoms with Crippen LogP contribution in [-0.2, 0) is 6.54 Å². The molecule has 4 rings (SSSR count). The van der Waals surface area contributed by atoms with E-state index in [1.165, 1.54) is 16.3 Å². The Kier molecular flexibility index (Phi) is 4.21. The largest absolute Gasteiger partial charge is 0.497 e. The molecule has 0 fully saturated rings. The molecule has 1 aromatic heterocycles. The van der Waals surface area contributed by atoms with E-state index in [1.54, 1.807) is 7.11 Å². The summed E-state index contributed by atoms with van der Waals surface area (Å²) < 4.78 is 7.58. The van der Waals surface area contributed by atoms with Crippen LogP contribution < -0.4 is 4.74 Å². The zero-order valence-electron chi connectivity index (χ0n) is 15.1. The third-order valence-corrected chi connectivity index (χ3v) is 4.95. The van der Waals surface area contributed by atoms with Gasteiger partial charge in [0.1, 0.15) is 11.6 Å². The van der Waals surface area contributed by atoms with Gasteiger partial charge >= 0.3 is 0 Å². The van der Waals surface area contributed by atoms with Gasteiger partial charge in [0.2, 0.25) is 0 Å². The second-order valence-corrected chi connectivity index (χ2v) is 6.55. The van der Waals surface area contributed by atoms with Crippen LogP contribution in [0.5, 0.6) is 5.75 Å². The van der Waals surface area contributed by atoms with Crippen molar-refractivity contribution in [1.29, 1.82) is 0 Å². The fourth-order valence-electron chi connectivity index (χ4n) is 3.53. The molecule has 0 spiro atoms. The summed E-state index contributed by atoms with van der Waals surface area (Å²) in [6.07, 6.45) is 1.93. The average molecular weight is 342 g/mol. The number of hydrogen-bond acceptors (Lipinski definition) is 2. The van der Waals surface area contributed by atoms with Crippen LogP contribution in [0.3, 0.4) is 0 Å². The van der Waals surface area contributed by atoms with Crippen LogP contribution in [0.25, 0.3) is 21.8 Å². The topological polar surface area (TPSA) is 27.1 Å². The molecule has 0 aliphatic carbocycles. The SMILES string of the molecule is C=CCn1c([C@H](C)c2ccc3cc(OC)ccc3c2)nc2ccccc21. The van der Waals surface area contributed by atoms with Crippen molar-refractivity contribution in [3.8, 4) is 5.75 Å². The number of allylic oxidation sites excluding steroid dienone is 1. The number of rotatable bonds is 5. The molecule has 3 aromatic carbocycles. The van der Waals surface area contributed by atoms with Crippen molar-refractivity contribution in [2.75, 3.05) is 7.11 Å². The molecule has 1 atom stereocenters. The van der Waals surface area contributed by atoms with Crippen molar-refractivity contribution in [3.05, 3.63) is 84.7 Å². The number of para-hydroxylation sites is 2. The summed E-state index contributed by atoms with van der Waals surface area (Å²) >= 11 is 0. The Hall–Kier alpha value is -3.07. The lowest BCUT2D eigenvalue weighted by atomic mass is 9.97. The molecule has 3 nitrogen and oxygen atoms in total. The van der Waals surface area contributed by atoms with Crippen molar-refractivity contribution in [3.63, 3.8) is 0 Å². The number of imidazole rings is 1. The van der Waals surface area contributed by atoms with Crippen molar-refractivity contribution >= 4 is 21.8 Å². The van der Waals surface area contributed by atoms with E-state index in [0.717, 1.165) is 29.2 Å². The number of hydrogen-bond donors (Lipinski definition) is 0. The smallest absolute Gasteiger partial charge is 0.119 e. The maximum Gasteiger partial charge on any atom is 0.119 e. The Labute approximate surface area is 153 Å². The number of aromatic nitrogens is 2. The number of methoxy groups -OCH3 is 1. The predicted octanol–water partition coefficient (Wildman–Crippen LogP) is 5.54. The van der Waals surface area contributed by atoms with E-state index in [1.807, 2.05) is 18.2 Å².